The highest BCUT2D eigenvalue weighted by Crippen LogP contribution is 2.23. The minimum atomic E-state index is -0.197. The van der Waals surface area contributed by atoms with Crippen molar-refractivity contribution in [3.8, 4) is 5.75 Å². The van der Waals surface area contributed by atoms with Gasteiger partial charge >= 0.3 is 0 Å². The lowest BCUT2D eigenvalue weighted by Crippen LogP contribution is -2.36. The summed E-state index contributed by atoms with van der Waals surface area (Å²) in [5.41, 5.74) is 1.43. The third-order valence-corrected chi connectivity index (χ3v) is 5.22. The van der Waals surface area contributed by atoms with Crippen LogP contribution in [0.2, 0.25) is 0 Å². The van der Waals surface area contributed by atoms with Crippen LogP contribution in [0.5, 0.6) is 5.75 Å². The fourth-order valence-corrected chi connectivity index (χ4v) is 2.88. The van der Waals surface area contributed by atoms with Crippen molar-refractivity contribution in [2.24, 2.45) is 5.92 Å². The second kappa shape index (κ2) is 10.3. The number of para-hydroxylation sites is 1. The average Bonchev–Trinajstić information content (AvgIpc) is 3.15. The molecule has 0 fully saturated rings. The summed E-state index contributed by atoms with van der Waals surface area (Å²) in [6.45, 7) is 11.8. The number of ether oxygens (including phenoxy) is 1. The number of aromatic nitrogens is 1. The van der Waals surface area contributed by atoms with Gasteiger partial charge in [-0.05, 0) is 32.3 Å². The van der Waals surface area contributed by atoms with E-state index in [2.05, 4.69) is 42.0 Å². The maximum atomic E-state index is 12.3. The van der Waals surface area contributed by atoms with E-state index in [1.165, 1.54) is 6.26 Å². The summed E-state index contributed by atoms with van der Waals surface area (Å²) in [6.07, 6.45) is 2.31. The Bertz CT molecular complexity index is 757. The van der Waals surface area contributed by atoms with E-state index in [4.69, 9.17) is 9.15 Å². The highest BCUT2D eigenvalue weighted by atomic mass is 16.5. The predicted octanol–water partition coefficient (Wildman–Crippen LogP) is 4.26. The molecular weight excluding hydrogens is 354 g/mol. The van der Waals surface area contributed by atoms with Crippen molar-refractivity contribution in [3.63, 3.8) is 0 Å². The van der Waals surface area contributed by atoms with Gasteiger partial charge in [0.2, 0.25) is 5.89 Å². The number of hydrogen-bond acceptors (Lipinski definition) is 5. The van der Waals surface area contributed by atoms with Gasteiger partial charge in [0, 0.05) is 24.2 Å². The molecule has 1 aromatic heterocycles. The molecule has 6 heteroatoms. The Morgan fingerprint density at radius 1 is 1.21 bits per heavy atom. The maximum absolute atomic E-state index is 12.3. The van der Waals surface area contributed by atoms with Crippen LogP contribution in [0.3, 0.4) is 0 Å². The van der Waals surface area contributed by atoms with Crippen molar-refractivity contribution in [2.75, 3.05) is 7.11 Å². The number of nitrogens with one attached hydrogen (secondary N) is 1. The van der Waals surface area contributed by atoms with Gasteiger partial charge < -0.3 is 14.5 Å². The van der Waals surface area contributed by atoms with E-state index in [0.717, 1.165) is 17.7 Å². The SMILES string of the molecule is CC[C@H](C)NC(=O)c1coc(CN(Cc2ccccc2OC)[C@H](C)C(C)C)n1. The molecule has 2 aromatic rings. The summed E-state index contributed by atoms with van der Waals surface area (Å²) in [6, 6.07) is 8.42. The molecule has 0 bridgehead atoms. The van der Waals surface area contributed by atoms with E-state index >= 15 is 0 Å². The normalized spacial score (nSPS) is 13.6. The van der Waals surface area contributed by atoms with Gasteiger partial charge in [-0.2, -0.15) is 0 Å². The topological polar surface area (TPSA) is 67.6 Å². The molecule has 0 radical (unpaired) electrons. The zero-order valence-electron chi connectivity index (χ0n) is 17.9. The first-order valence-electron chi connectivity index (χ1n) is 9.96. The van der Waals surface area contributed by atoms with E-state index in [0.29, 0.717) is 36.6 Å². The molecule has 1 N–H and O–H groups in total. The molecule has 0 saturated heterocycles. The van der Waals surface area contributed by atoms with Gasteiger partial charge in [0.25, 0.3) is 5.91 Å². The molecular formula is C22H33N3O3. The summed E-state index contributed by atoms with van der Waals surface area (Å²) < 4.78 is 11.1. The van der Waals surface area contributed by atoms with Crippen LogP contribution >= 0.6 is 0 Å². The minimum absolute atomic E-state index is 0.107. The largest absolute Gasteiger partial charge is 0.496 e. The zero-order valence-corrected chi connectivity index (χ0v) is 17.9. The quantitative estimate of drug-likeness (QED) is 0.660. The molecule has 0 saturated carbocycles. The summed E-state index contributed by atoms with van der Waals surface area (Å²) in [7, 11) is 1.69. The number of methoxy groups -OCH3 is 1. The van der Waals surface area contributed by atoms with Gasteiger partial charge in [0.15, 0.2) is 5.69 Å². The molecule has 0 aliphatic carbocycles. The number of hydrogen-bond donors (Lipinski definition) is 1. The van der Waals surface area contributed by atoms with Crippen LogP contribution in [0.25, 0.3) is 0 Å². The monoisotopic (exact) mass is 387 g/mol. The molecule has 0 spiro atoms. The summed E-state index contributed by atoms with van der Waals surface area (Å²) in [4.78, 5) is 19.0. The lowest BCUT2D eigenvalue weighted by Gasteiger charge is -2.31. The number of rotatable bonds is 10. The summed E-state index contributed by atoms with van der Waals surface area (Å²) in [5, 5.41) is 2.92. The summed E-state index contributed by atoms with van der Waals surface area (Å²) in [5.74, 6) is 1.66. The standard InChI is InChI=1S/C22H33N3O3/c1-7-16(4)23-22(26)19-14-28-21(24-19)13-25(17(5)15(2)3)12-18-10-8-9-11-20(18)27-6/h8-11,14-17H,7,12-13H2,1-6H3,(H,23,26)/t16-,17+/m0/s1. The Morgan fingerprint density at radius 2 is 1.93 bits per heavy atom. The highest BCUT2D eigenvalue weighted by molar-refractivity contribution is 5.92. The average molecular weight is 388 g/mol. The summed E-state index contributed by atoms with van der Waals surface area (Å²) >= 11 is 0. The molecule has 0 aliphatic rings. The molecule has 1 heterocycles. The molecule has 0 aliphatic heterocycles. The van der Waals surface area contributed by atoms with Crippen molar-refractivity contribution < 1.29 is 13.9 Å². The van der Waals surface area contributed by atoms with Gasteiger partial charge in [-0.25, -0.2) is 4.98 Å². The van der Waals surface area contributed by atoms with Crippen LogP contribution in [-0.4, -0.2) is 35.0 Å². The number of carbonyl (C=O) groups is 1. The Hall–Kier alpha value is -2.34. The van der Waals surface area contributed by atoms with Gasteiger partial charge in [-0.3, -0.25) is 9.69 Å². The van der Waals surface area contributed by atoms with Crippen molar-refractivity contribution in [3.05, 3.63) is 47.7 Å². The number of benzene rings is 1. The third-order valence-electron chi connectivity index (χ3n) is 5.22. The second-order valence-electron chi connectivity index (χ2n) is 7.61. The molecule has 2 atom stereocenters. The fourth-order valence-electron chi connectivity index (χ4n) is 2.88. The maximum Gasteiger partial charge on any atom is 0.273 e. The van der Waals surface area contributed by atoms with Crippen LogP contribution in [0.15, 0.2) is 34.9 Å². The van der Waals surface area contributed by atoms with Gasteiger partial charge in [-0.15, -0.1) is 0 Å². The molecule has 1 amide bonds. The molecule has 154 valence electrons. The van der Waals surface area contributed by atoms with Gasteiger partial charge in [0.05, 0.1) is 13.7 Å². The Labute approximate surface area is 168 Å². The number of carbonyl (C=O) groups excluding carboxylic acids is 1. The number of oxazole rings is 1. The van der Waals surface area contributed by atoms with Crippen LogP contribution in [-0.2, 0) is 13.1 Å². The van der Waals surface area contributed by atoms with E-state index in [1.807, 2.05) is 32.0 Å². The Morgan fingerprint density at radius 3 is 2.57 bits per heavy atom. The van der Waals surface area contributed by atoms with Gasteiger partial charge in [-0.1, -0.05) is 39.0 Å². The fraction of sp³-hybridized carbons (Fsp3) is 0.545. The lowest BCUT2D eigenvalue weighted by molar-refractivity contribution is 0.0934. The first kappa shape index (κ1) is 22.0. The van der Waals surface area contributed by atoms with Crippen LogP contribution < -0.4 is 10.1 Å². The molecule has 1 aromatic carbocycles. The Balaban J connectivity index is 2.16. The van der Waals surface area contributed by atoms with Crippen molar-refractivity contribution >= 4 is 5.91 Å². The van der Waals surface area contributed by atoms with Crippen LogP contribution in [0, 0.1) is 5.92 Å². The van der Waals surface area contributed by atoms with Crippen molar-refractivity contribution in [1.82, 2.24) is 15.2 Å². The van der Waals surface area contributed by atoms with Gasteiger partial charge in [0.1, 0.15) is 12.0 Å². The van der Waals surface area contributed by atoms with E-state index in [1.54, 1.807) is 7.11 Å². The van der Waals surface area contributed by atoms with Crippen LogP contribution in [0.1, 0.15) is 63.0 Å². The molecule has 28 heavy (non-hydrogen) atoms. The van der Waals surface area contributed by atoms with Crippen LogP contribution in [0.4, 0.5) is 0 Å². The van der Waals surface area contributed by atoms with Crippen molar-refractivity contribution in [2.45, 2.75) is 66.2 Å². The second-order valence-corrected chi connectivity index (χ2v) is 7.61. The zero-order chi connectivity index (χ0) is 20.7. The minimum Gasteiger partial charge on any atom is -0.496 e. The predicted molar refractivity (Wildman–Crippen MR) is 110 cm³/mol. The van der Waals surface area contributed by atoms with Crippen molar-refractivity contribution in [1.29, 1.82) is 0 Å². The Kier molecular flexibility index (Phi) is 8.05. The number of amides is 1. The molecule has 2 rings (SSSR count). The highest BCUT2D eigenvalue weighted by Gasteiger charge is 2.22. The number of nitrogens with zero attached hydrogens (tertiary/aromatic N) is 2. The van der Waals surface area contributed by atoms with E-state index < -0.39 is 0 Å². The molecule has 6 nitrogen and oxygen atoms in total. The molecule has 0 unspecified atom stereocenters. The lowest BCUT2D eigenvalue weighted by atomic mass is 10.0. The third kappa shape index (κ3) is 5.83. The van der Waals surface area contributed by atoms with E-state index in [9.17, 15) is 4.79 Å². The van der Waals surface area contributed by atoms with E-state index in [-0.39, 0.29) is 11.9 Å². The first-order valence-corrected chi connectivity index (χ1v) is 9.96. The smallest absolute Gasteiger partial charge is 0.273 e. The first-order chi connectivity index (χ1) is 13.3.